The monoisotopic (exact) mass is 190 g/mol. The molecule has 1 unspecified atom stereocenters. The van der Waals surface area contributed by atoms with Crippen LogP contribution in [0.2, 0.25) is 0 Å². The summed E-state index contributed by atoms with van der Waals surface area (Å²) < 4.78 is 5.48. The van der Waals surface area contributed by atoms with Crippen LogP contribution in [0, 0.1) is 0 Å². The van der Waals surface area contributed by atoms with Crippen LogP contribution in [0.4, 0.5) is 0 Å². The molecule has 1 aliphatic rings. The standard InChI is InChI=1S/C11H10O3/c1-7-9(6-12)4-8-5-10(13)2-3-11(8)14-7/h2-7,13H,1H3. The Morgan fingerprint density at radius 2 is 2.29 bits per heavy atom. The van der Waals surface area contributed by atoms with Crippen LogP contribution in [0.25, 0.3) is 6.08 Å². The van der Waals surface area contributed by atoms with Crippen molar-refractivity contribution in [2.75, 3.05) is 0 Å². The number of aromatic hydroxyl groups is 1. The summed E-state index contributed by atoms with van der Waals surface area (Å²) in [5, 5.41) is 9.24. The lowest BCUT2D eigenvalue weighted by Crippen LogP contribution is -2.19. The van der Waals surface area contributed by atoms with Crippen molar-refractivity contribution in [1.29, 1.82) is 0 Å². The van der Waals surface area contributed by atoms with Crippen LogP contribution >= 0.6 is 0 Å². The van der Waals surface area contributed by atoms with Crippen LogP contribution in [-0.2, 0) is 4.79 Å². The van der Waals surface area contributed by atoms with Crippen LogP contribution in [0.5, 0.6) is 11.5 Å². The number of rotatable bonds is 1. The van der Waals surface area contributed by atoms with Crippen LogP contribution in [-0.4, -0.2) is 17.5 Å². The SMILES string of the molecule is CC1Oc2ccc(O)cc2C=C1C=O. The lowest BCUT2D eigenvalue weighted by atomic mass is 10.0. The van der Waals surface area contributed by atoms with Gasteiger partial charge in [-0.3, -0.25) is 4.79 Å². The molecular weight excluding hydrogens is 180 g/mol. The molecule has 0 bridgehead atoms. The van der Waals surface area contributed by atoms with Gasteiger partial charge in [-0.1, -0.05) is 0 Å². The lowest BCUT2D eigenvalue weighted by Gasteiger charge is -2.21. The van der Waals surface area contributed by atoms with Gasteiger partial charge in [0, 0.05) is 11.1 Å². The van der Waals surface area contributed by atoms with Gasteiger partial charge < -0.3 is 9.84 Å². The van der Waals surface area contributed by atoms with Gasteiger partial charge in [-0.15, -0.1) is 0 Å². The average Bonchev–Trinajstić information content (AvgIpc) is 2.17. The summed E-state index contributed by atoms with van der Waals surface area (Å²) in [6.07, 6.45) is 2.29. The van der Waals surface area contributed by atoms with E-state index in [4.69, 9.17) is 4.74 Å². The molecule has 1 N–H and O–H groups in total. The number of hydrogen-bond acceptors (Lipinski definition) is 3. The number of carbonyl (C=O) groups is 1. The van der Waals surface area contributed by atoms with E-state index >= 15 is 0 Å². The molecule has 3 nitrogen and oxygen atoms in total. The third-order valence-electron chi connectivity index (χ3n) is 2.22. The topological polar surface area (TPSA) is 46.5 Å². The molecule has 1 aliphatic heterocycles. The number of hydrogen-bond donors (Lipinski definition) is 1. The van der Waals surface area contributed by atoms with Gasteiger partial charge in [0.15, 0.2) is 0 Å². The molecule has 0 radical (unpaired) electrons. The molecule has 1 aromatic rings. The van der Waals surface area contributed by atoms with Crippen molar-refractivity contribution >= 4 is 12.4 Å². The minimum atomic E-state index is -0.218. The van der Waals surface area contributed by atoms with Crippen molar-refractivity contribution < 1.29 is 14.6 Å². The minimum absolute atomic E-state index is 0.170. The summed E-state index contributed by atoms with van der Waals surface area (Å²) in [7, 11) is 0. The van der Waals surface area contributed by atoms with Gasteiger partial charge in [0.25, 0.3) is 0 Å². The Morgan fingerprint density at radius 1 is 1.50 bits per heavy atom. The normalized spacial score (nSPS) is 19.2. The van der Waals surface area contributed by atoms with Crippen LogP contribution in [0.1, 0.15) is 12.5 Å². The molecule has 0 saturated heterocycles. The number of phenolic OH excluding ortho intramolecular Hbond substituents is 1. The summed E-state index contributed by atoms with van der Waals surface area (Å²) in [5.41, 5.74) is 1.33. The Balaban J connectivity index is 2.51. The second kappa shape index (κ2) is 3.18. The smallest absolute Gasteiger partial charge is 0.149 e. The Kier molecular flexibility index (Phi) is 2.00. The highest BCUT2D eigenvalue weighted by Gasteiger charge is 2.18. The van der Waals surface area contributed by atoms with Gasteiger partial charge in [-0.2, -0.15) is 0 Å². The Bertz CT molecular complexity index is 407. The maximum atomic E-state index is 10.7. The predicted octanol–water partition coefficient (Wildman–Crippen LogP) is 1.76. The highest BCUT2D eigenvalue weighted by Crippen LogP contribution is 2.31. The molecule has 0 fully saturated rings. The van der Waals surface area contributed by atoms with E-state index in [0.717, 1.165) is 11.8 Å². The molecule has 0 aromatic heterocycles. The van der Waals surface area contributed by atoms with Crippen LogP contribution < -0.4 is 4.74 Å². The van der Waals surface area contributed by atoms with E-state index in [1.54, 1.807) is 24.3 Å². The summed E-state index contributed by atoms with van der Waals surface area (Å²) >= 11 is 0. The fraction of sp³-hybridized carbons (Fsp3) is 0.182. The fourth-order valence-electron chi connectivity index (χ4n) is 1.44. The van der Waals surface area contributed by atoms with E-state index < -0.39 is 0 Å². The number of phenols is 1. The summed E-state index contributed by atoms with van der Waals surface area (Å²) in [6, 6.07) is 4.83. The Labute approximate surface area is 81.6 Å². The summed E-state index contributed by atoms with van der Waals surface area (Å²) in [5.74, 6) is 0.865. The van der Waals surface area contributed by atoms with Crippen molar-refractivity contribution in [2.45, 2.75) is 13.0 Å². The van der Waals surface area contributed by atoms with Gasteiger partial charge in [-0.05, 0) is 31.2 Å². The van der Waals surface area contributed by atoms with Gasteiger partial charge in [0.2, 0.25) is 0 Å². The first-order valence-corrected chi connectivity index (χ1v) is 4.37. The largest absolute Gasteiger partial charge is 0.508 e. The van der Waals surface area contributed by atoms with Crippen LogP contribution in [0.3, 0.4) is 0 Å². The zero-order valence-corrected chi connectivity index (χ0v) is 7.73. The van der Waals surface area contributed by atoms with E-state index in [1.165, 1.54) is 0 Å². The van der Waals surface area contributed by atoms with E-state index in [2.05, 4.69) is 0 Å². The van der Waals surface area contributed by atoms with E-state index in [-0.39, 0.29) is 11.9 Å². The van der Waals surface area contributed by atoms with Crippen molar-refractivity contribution in [2.24, 2.45) is 0 Å². The van der Waals surface area contributed by atoms with Crippen molar-refractivity contribution in [1.82, 2.24) is 0 Å². The van der Waals surface area contributed by atoms with Crippen molar-refractivity contribution in [3.05, 3.63) is 29.3 Å². The molecule has 1 aromatic carbocycles. The Morgan fingerprint density at radius 3 is 3.00 bits per heavy atom. The second-order valence-electron chi connectivity index (χ2n) is 3.24. The predicted molar refractivity (Wildman–Crippen MR) is 52.2 cm³/mol. The number of benzene rings is 1. The minimum Gasteiger partial charge on any atom is -0.508 e. The highest BCUT2D eigenvalue weighted by atomic mass is 16.5. The summed E-state index contributed by atoms with van der Waals surface area (Å²) in [4.78, 5) is 10.7. The third kappa shape index (κ3) is 1.37. The van der Waals surface area contributed by atoms with Gasteiger partial charge in [-0.25, -0.2) is 0 Å². The lowest BCUT2D eigenvalue weighted by molar-refractivity contribution is -0.105. The molecule has 3 heteroatoms. The molecule has 72 valence electrons. The first kappa shape index (κ1) is 8.81. The third-order valence-corrected chi connectivity index (χ3v) is 2.22. The maximum absolute atomic E-state index is 10.7. The quantitative estimate of drug-likeness (QED) is 0.686. The molecule has 1 heterocycles. The van der Waals surface area contributed by atoms with Crippen molar-refractivity contribution in [3.8, 4) is 11.5 Å². The number of aldehydes is 1. The van der Waals surface area contributed by atoms with Crippen LogP contribution in [0.15, 0.2) is 23.8 Å². The van der Waals surface area contributed by atoms with Gasteiger partial charge in [0.05, 0.1) is 0 Å². The molecule has 2 rings (SSSR count). The number of ether oxygens (including phenoxy) is 1. The molecular formula is C11H10O3. The molecule has 0 aliphatic carbocycles. The zero-order valence-electron chi connectivity index (χ0n) is 7.73. The fourth-order valence-corrected chi connectivity index (χ4v) is 1.44. The van der Waals surface area contributed by atoms with E-state index in [0.29, 0.717) is 11.3 Å². The molecule has 14 heavy (non-hydrogen) atoms. The van der Waals surface area contributed by atoms with Gasteiger partial charge in [0.1, 0.15) is 23.9 Å². The number of carbonyl (C=O) groups excluding carboxylic acids is 1. The Hall–Kier alpha value is -1.77. The van der Waals surface area contributed by atoms with Gasteiger partial charge >= 0.3 is 0 Å². The van der Waals surface area contributed by atoms with E-state index in [1.807, 2.05) is 6.92 Å². The maximum Gasteiger partial charge on any atom is 0.149 e. The molecule has 0 spiro atoms. The van der Waals surface area contributed by atoms with Crippen molar-refractivity contribution in [3.63, 3.8) is 0 Å². The highest BCUT2D eigenvalue weighted by molar-refractivity contribution is 5.85. The zero-order chi connectivity index (χ0) is 10.1. The molecule has 0 saturated carbocycles. The molecule has 1 atom stereocenters. The first-order chi connectivity index (χ1) is 6.70. The first-order valence-electron chi connectivity index (χ1n) is 4.37. The number of fused-ring (bicyclic) bond motifs is 1. The van der Waals surface area contributed by atoms with E-state index in [9.17, 15) is 9.90 Å². The molecule has 0 amide bonds. The second-order valence-corrected chi connectivity index (χ2v) is 3.24. The average molecular weight is 190 g/mol. The summed E-state index contributed by atoms with van der Waals surface area (Å²) in [6.45, 7) is 1.82.